The fourth-order valence-electron chi connectivity index (χ4n) is 2.37. The normalized spacial score (nSPS) is 32.1. The van der Waals surface area contributed by atoms with Crippen LogP contribution in [0.4, 0.5) is 0 Å². The summed E-state index contributed by atoms with van der Waals surface area (Å²) in [6.07, 6.45) is 2.98. The highest BCUT2D eigenvalue weighted by molar-refractivity contribution is 5.88. The highest BCUT2D eigenvalue weighted by Gasteiger charge is 2.36. The average molecular weight is 201 g/mol. The zero-order valence-corrected chi connectivity index (χ0v) is 8.05. The van der Waals surface area contributed by atoms with Crippen molar-refractivity contribution >= 4 is 5.91 Å². The van der Waals surface area contributed by atoms with Gasteiger partial charge in [-0.15, -0.1) is 0 Å². The summed E-state index contributed by atoms with van der Waals surface area (Å²) < 4.78 is 0. The number of benzene rings is 1. The number of rotatable bonds is 0. The van der Waals surface area contributed by atoms with Gasteiger partial charge in [-0.3, -0.25) is 4.79 Å². The average Bonchev–Trinajstić information content (AvgIpc) is 2.45. The fourth-order valence-corrected chi connectivity index (χ4v) is 2.37. The first kappa shape index (κ1) is 8.68. The van der Waals surface area contributed by atoms with E-state index in [1.165, 1.54) is 0 Å². The second kappa shape index (κ2) is 2.94. The maximum atomic E-state index is 11.7. The molecule has 0 spiro atoms. The quantitative estimate of drug-likeness (QED) is 0.612. The summed E-state index contributed by atoms with van der Waals surface area (Å²) in [5.74, 6) is -0.468. The lowest BCUT2D eigenvalue weighted by atomic mass is 9.83. The predicted octanol–water partition coefficient (Wildman–Crippen LogP) is 0.872. The second-order valence-corrected chi connectivity index (χ2v) is 3.97. The lowest BCUT2D eigenvalue weighted by Crippen LogP contribution is -2.36. The number of carbonyl (C=O) groups excluding carboxylic acids is 1. The van der Waals surface area contributed by atoms with Crippen LogP contribution in [0.25, 0.3) is 0 Å². The van der Waals surface area contributed by atoms with Crippen molar-refractivity contribution in [2.45, 2.75) is 18.1 Å². The third-order valence-corrected chi connectivity index (χ3v) is 3.11. The minimum absolute atomic E-state index is 0.108. The summed E-state index contributed by atoms with van der Waals surface area (Å²) in [6, 6.07) is 7.78. The second-order valence-electron chi connectivity index (χ2n) is 3.97. The van der Waals surface area contributed by atoms with Crippen molar-refractivity contribution in [2.24, 2.45) is 0 Å². The molecule has 1 amide bonds. The Morgan fingerprint density at radius 1 is 1.13 bits per heavy atom. The number of amides is 1. The van der Waals surface area contributed by atoms with E-state index in [4.69, 9.17) is 0 Å². The maximum Gasteiger partial charge on any atom is 0.233 e. The zero-order chi connectivity index (χ0) is 10.4. The van der Waals surface area contributed by atoms with Crippen LogP contribution in [-0.4, -0.2) is 17.2 Å². The van der Waals surface area contributed by atoms with Gasteiger partial charge in [0.2, 0.25) is 5.91 Å². The van der Waals surface area contributed by atoms with Gasteiger partial charge in [0.05, 0.1) is 5.92 Å². The number of hydrogen-bond acceptors (Lipinski definition) is 2. The third-order valence-electron chi connectivity index (χ3n) is 3.11. The Morgan fingerprint density at radius 3 is 2.67 bits per heavy atom. The van der Waals surface area contributed by atoms with E-state index in [0.717, 1.165) is 11.1 Å². The molecule has 2 heterocycles. The molecular weight excluding hydrogens is 190 g/mol. The molecule has 0 radical (unpaired) electrons. The van der Waals surface area contributed by atoms with Crippen LogP contribution in [0, 0.1) is 0 Å². The molecule has 2 N–H and O–H groups in total. The molecule has 0 aromatic heterocycles. The highest BCUT2D eigenvalue weighted by Crippen LogP contribution is 2.37. The topological polar surface area (TPSA) is 49.3 Å². The molecule has 0 saturated heterocycles. The van der Waals surface area contributed by atoms with Crippen LogP contribution in [-0.2, 0) is 4.79 Å². The van der Waals surface area contributed by atoms with Crippen molar-refractivity contribution in [3.63, 3.8) is 0 Å². The summed E-state index contributed by atoms with van der Waals surface area (Å²) >= 11 is 0. The van der Waals surface area contributed by atoms with Crippen molar-refractivity contribution in [3.8, 4) is 0 Å². The van der Waals surface area contributed by atoms with E-state index in [-0.39, 0.29) is 17.7 Å². The largest absolute Gasteiger partial charge is 0.373 e. The lowest BCUT2D eigenvalue weighted by molar-refractivity contribution is -0.124. The first-order chi connectivity index (χ1) is 7.27. The minimum atomic E-state index is -0.803. The molecule has 3 nitrogen and oxygen atoms in total. The Bertz CT molecular complexity index is 453. The van der Waals surface area contributed by atoms with Crippen molar-refractivity contribution in [2.75, 3.05) is 0 Å². The van der Waals surface area contributed by atoms with Gasteiger partial charge in [0.1, 0.15) is 6.23 Å². The molecule has 1 aliphatic carbocycles. The van der Waals surface area contributed by atoms with Crippen LogP contribution >= 0.6 is 0 Å². The van der Waals surface area contributed by atoms with Gasteiger partial charge in [-0.05, 0) is 11.1 Å². The SMILES string of the molecule is O=C1NC(O)C2C=CC1c1ccccc12. The van der Waals surface area contributed by atoms with Gasteiger partial charge < -0.3 is 10.4 Å². The van der Waals surface area contributed by atoms with Crippen LogP contribution in [0.5, 0.6) is 0 Å². The summed E-state index contributed by atoms with van der Waals surface area (Å²) in [4.78, 5) is 11.7. The zero-order valence-electron chi connectivity index (χ0n) is 8.05. The maximum absolute atomic E-state index is 11.7. The minimum Gasteiger partial charge on any atom is -0.373 e. The molecule has 76 valence electrons. The van der Waals surface area contributed by atoms with E-state index < -0.39 is 6.23 Å². The van der Waals surface area contributed by atoms with Gasteiger partial charge in [-0.1, -0.05) is 36.4 Å². The molecule has 1 aromatic carbocycles. The van der Waals surface area contributed by atoms with E-state index in [2.05, 4.69) is 5.32 Å². The predicted molar refractivity (Wildman–Crippen MR) is 55.2 cm³/mol. The highest BCUT2D eigenvalue weighted by atomic mass is 16.3. The van der Waals surface area contributed by atoms with E-state index in [1.807, 2.05) is 36.4 Å². The molecule has 4 rings (SSSR count). The molecule has 15 heavy (non-hydrogen) atoms. The molecule has 1 aromatic rings. The number of aliphatic hydroxyl groups excluding tert-OH is 1. The van der Waals surface area contributed by atoms with Crippen molar-refractivity contribution in [1.82, 2.24) is 5.32 Å². The molecule has 2 aliphatic heterocycles. The molecular formula is C12H11NO2. The Morgan fingerprint density at radius 2 is 1.87 bits per heavy atom. The Labute approximate surface area is 87.4 Å². The van der Waals surface area contributed by atoms with Crippen molar-refractivity contribution in [3.05, 3.63) is 47.5 Å². The van der Waals surface area contributed by atoms with Crippen LogP contribution < -0.4 is 5.32 Å². The first-order valence-corrected chi connectivity index (χ1v) is 5.03. The molecule has 3 aliphatic rings. The number of carbonyl (C=O) groups is 1. The third kappa shape index (κ3) is 1.13. The molecule has 3 unspecified atom stereocenters. The molecule has 0 fully saturated rings. The molecule has 3 heteroatoms. The van der Waals surface area contributed by atoms with Gasteiger partial charge in [0, 0.05) is 5.92 Å². The van der Waals surface area contributed by atoms with Crippen LogP contribution in [0.2, 0.25) is 0 Å². The standard InChI is InChI=1S/C12H11NO2/c14-11-9-5-6-10(12(15)13-11)8-4-2-1-3-7(8)9/h1-6,9-11,14H,(H,13,15). The van der Waals surface area contributed by atoms with Crippen LogP contribution in [0.3, 0.4) is 0 Å². The Kier molecular flexibility index (Phi) is 1.70. The number of aliphatic hydroxyl groups is 1. The summed E-state index contributed by atoms with van der Waals surface area (Å²) in [6.45, 7) is 0. The number of nitrogens with one attached hydrogen (secondary N) is 1. The Balaban J connectivity index is 2.24. The van der Waals surface area contributed by atoms with Gasteiger partial charge in [0.25, 0.3) is 0 Å². The van der Waals surface area contributed by atoms with E-state index >= 15 is 0 Å². The molecule has 2 bridgehead atoms. The van der Waals surface area contributed by atoms with Gasteiger partial charge in [0.15, 0.2) is 0 Å². The van der Waals surface area contributed by atoms with E-state index in [9.17, 15) is 9.90 Å². The van der Waals surface area contributed by atoms with Crippen LogP contribution in [0.15, 0.2) is 36.4 Å². The van der Waals surface area contributed by atoms with Gasteiger partial charge in [-0.2, -0.15) is 0 Å². The first-order valence-electron chi connectivity index (χ1n) is 5.03. The van der Waals surface area contributed by atoms with Gasteiger partial charge >= 0.3 is 0 Å². The Hall–Kier alpha value is -1.61. The van der Waals surface area contributed by atoms with E-state index in [0.29, 0.717) is 0 Å². The van der Waals surface area contributed by atoms with E-state index in [1.54, 1.807) is 0 Å². The summed E-state index contributed by atoms with van der Waals surface area (Å²) in [5.41, 5.74) is 2.06. The fraction of sp³-hybridized carbons (Fsp3) is 0.250. The lowest BCUT2D eigenvalue weighted by Gasteiger charge is -2.21. The van der Waals surface area contributed by atoms with Crippen LogP contribution in [0.1, 0.15) is 23.0 Å². The van der Waals surface area contributed by atoms with Crippen molar-refractivity contribution < 1.29 is 9.90 Å². The van der Waals surface area contributed by atoms with Gasteiger partial charge in [-0.25, -0.2) is 0 Å². The number of fused-ring (bicyclic) bond motifs is 2. The summed E-state index contributed by atoms with van der Waals surface area (Å²) in [5, 5.41) is 12.4. The molecule has 3 atom stereocenters. The number of hydrogen-bond donors (Lipinski definition) is 2. The van der Waals surface area contributed by atoms with Crippen molar-refractivity contribution in [1.29, 1.82) is 0 Å². The molecule has 0 saturated carbocycles. The monoisotopic (exact) mass is 201 g/mol. The smallest absolute Gasteiger partial charge is 0.233 e. The summed E-state index contributed by atoms with van der Waals surface area (Å²) in [7, 11) is 0.